The number of esters is 1. The minimum absolute atomic E-state index is 0.0296. The van der Waals surface area contributed by atoms with E-state index in [9.17, 15) is 24.0 Å². The van der Waals surface area contributed by atoms with Gasteiger partial charge in [0.15, 0.2) is 18.1 Å². The zero-order valence-electron chi connectivity index (χ0n) is 20.1. The second-order valence-electron chi connectivity index (χ2n) is 7.95. The zero-order valence-corrected chi connectivity index (χ0v) is 20.9. The van der Waals surface area contributed by atoms with E-state index in [2.05, 4.69) is 4.98 Å². The Labute approximate surface area is 201 Å². The summed E-state index contributed by atoms with van der Waals surface area (Å²) in [5, 5.41) is 0. The highest BCUT2D eigenvalue weighted by Crippen LogP contribution is 2.22. The number of hydrogen-bond donors (Lipinski definition) is 2. The number of hydrogen-bond acceptors (Lipinski definition) is 8. The molecule has 2 aromatic heterocycles. The van der Waals surface area contributed by atoms with Crippen molar-refractivity contribution in [2.24, 2.45) is 0 Å². The molecule has 11 heteroatoms. The van der Waals surface area contributed by atoms with Crippen LogP contribution in [0.2, 0.25) is 0 Å². The highest BCUT2D eigenvalue weighted by Gasteiger charge is 2.25. The number of H-pyrrole nitrogens is 1. The standard InChI is InChI=1S/C23H32N4O6S/c1-5-7-11-26(20-21(24)27(10-6-2)23(32)25-22(20)31)18(29)13-33-19(30)9-8-17(28)16-12-14(3)34-15(16)4/h12H,5-11,13,24H2,1-4H3,(H,25,31,32). The maximum Gasteiger partial charge on any atom is 0.330 e. The van der Waals surface area contributed by atoms with Gasteiger partial charge in [-0.15, -0.1) is 11.3 Å². The van der Waals surface area contributed by atoms with Gasteiger partial charge in [-0.1, -0.05) is 20.3 Å². The number of anilines is 2. The first kappa shape index (κ1) is 27.0. The summed E-state index contributed by atoms with van der Waals surface area (Å²) in [6.07, 6.45) is 1.70. The van der Waals surface area contributed by atoms with E-state index in [1.165, 1.54) is 15.9 Å². The number of ketones is 1. The van der Waals surface area contributed by atoms with Gasteiger partial charge in [-0.05, 0) is 32.8 Å². The third-order valence-corrected chi connectivity index (χ3v) is 6.19. The van der Waals surface area contributed by atoms with Gasteiger partial charge < -0.3 is 15.4 Å². The van der Waals surface area contributed by atoms with E-state index in [1.54, 1.807) is 6.07 Å². The van der Waals surface area contributed by atoms with Crippen molar-refractivity contribution in [2.45, 2.75) is 66.3 Å². The van der Waals surface area contributed by atoms with Crippen LogP contribution in [-0.2, 0) is 20.9 Å². The first-order valence-electron chi connectivity index (χ1n) is 11.3. The van der Waals surface area contributed by atoms with Crippen LogP contribution in [0.25, 0.3) is 0 Å². The van der Waals surface area contributed by atoms with E-state index in [-0.39, 0.29) is 43.2 Å². The number of Topliss-reactive ketones (excluding diaryl/α,β-unsaturated/α-hetero) is 1. The van der Waals surface area contributed by atoms with Crippen molar-refractivity contribution in [3.05, 3.63) is 42.2 Å². The minimum atomic E-state index is -0.780. The maximum absolute atomic E-state index is 12.9. The number of carbonyl (C=O) groups excluding carboxylic acids is 3. The zero-order chi connectivity index (χ0) is 25.4. The largest absolute Gasteiger partial charge is 0.456 e. The monoisotopic (exact) mass is 492 g/mol. The van der Waals surface area contributed by atoms with Crippen LogP contribution in [0.1, 0.15) is 66.1 Å². The second kappa shape index (κ2) is 12.3. The Hall–Kier alpha value is -3.21. The number of aryl methyl sites for hydroxylation is 2. The number of nitrogens with two attached hydrogens (primary N) is 1. The Balaban J connectivity index is 2.10. The number of nitrogens with one attached hydrogen (secondary N) is 1. The molecule has 0 aliphatic rings. The van der Waals surface area contributed by atoms with Gasteiger partial charge in [0.2, 0.25) is 0 Å². The Bertz CT molecular complexity index is 1160. The molecule has 0 aliphatic carbocycles. The van der Waals surface area contributed by atoms with E-state index >= 15 is 0 Å². The highest BCUT2D eigenvalue weighted by molar-refractivity contribution is 7.12. The van der Waals surface area contributed by atoms with Crippen LogP contribution < -0.4 is 21.9 Å². The van der Waals surface area contributed by atoms with Gasteiger partial charge in [0, 0.05) is 34.8 Å². The number of carbonyl (C=O) groups is 3. The number of aromatic amines is 1. The van der Waals surface area contributed by atoms with Crippen molar-refractivity contribution >= 4 is 40.5 Å². The minimum Gasteiger partial charge on any atom is -0.456 e. The smallest absolute Gasteiger partial charge is 0.330 e. The lowest BCUT2D eigenvalue weighted by atomic mass is 10.1. The predicted octanol–water partition coefficient (Wildman–Crippen LogP) is 2.55. The van der Waals surface area contributed by atoms with Gasteiger partial charge in [-0.3, -0.25) is 28.7 Å². The fourth-order valence-electron chi connectivity index (χ4n) is 3.51. The lowest BCUT2D eigenvalue weighted by Crippen LogP contribution is -2.43. The quantitative estimate of drug-likeness (QED) is 0.342. The average molecular weight is 493 g/mol. The molecule has 0 saturated carbocycles. The van der Waals surface area contributed by atoms with Crippen LogP contribution >= 0.6 is 11.3 Å². The third kappa shape index (κ3) is 6.66. The molecule has 186 valence electrons. The number of ether oxygens (including phenoxy) is 1. The fourth-order valence-corrected chi connectivity index (χ4v) is 4.45. The summed E-state index contributed by atoms with van der Waals surface area (Å²) in [4.78, 5) is 67.3. The average Bonchev–Trinajstić information content (AvgIpc) is 3.13. The normalized spacial score (nSPS) is 10.8. The number of thiophene rings is 1. The first-order chi connectivity index (χ1) is 16.1. The summed E-state index contributed by atoms with van der Waals surface area (Å²) in [5.74, 6) is -1.61. The van der Waals surface area contributed by atoms with Gasteiger partial charge in [-0.25, -0.2) is 4.79 Å². The topological polar surface area (TPSA) is 145 Å². The van der Waals surface area contributed by atoms with Crippen LogP contribution in [0.15, 0.2) is 15.7 Å². The van der Waals surface area contributed by atoms with Crippen LogP contribution in [0.5, 0.6) is 0 Å². The number of unbranched alkanes of at least 4 members (excludes halogenated alkanes) is 1. The first-order valence-corrected chi connectivity index (χ1v) is 12.1. The molecular formula is C23H32N4O6S. The van der Waals surface area contributed by atoms with Gasteiger partial charge in [0.1, 0.15) is 5.82 Å². The van der Waals surface area contributed by atoms with Crippen molar-refractivity contribution < 1.29 is 19.1 Å². The third-order valence-electron chi connectivity index (χ3n) is 5.22. The molecule has 34 heavy (non-hydrogen) atoms. The molecule has 0 spiro atoms. The molecule has 2 rings (SSSR count). The van der Waals surface area contributed by atoms with Crippen molar-refractivity contribution in [3.63, 3.8) is 0 Å². The van der Waals surface area contributed by atoms with Crippen LogP contribution in [0.4, 0.5) is 11.5 Å². The summed E-state index contributed by atoms with van der Waals surface area (Å²) >= 11 is 1.51. The molecule has 2 aromatic rings. The van der Waals surface area contributed by atoms with Crippen LogP contribution in [0, 0.1) is 13.8 Å². The second-order valence-corrected chi connectivity index (χ2v) is 9.41. The molecule has 0 aromatic carbocycles. The van der Waals surface area contributed by atoms with E-state index in [1.807, 2.05) is 27.7 Å². The summed E-state index contributed by atoms with van der Waals surface area (Å²) in [6, 6.07) is 1.79. The van der Waals surface area contributed by atoms with Gasteiger partial charge >= 0.3 is 11.7 Å². The number of aromatic nitrogens is 2. The molecule has 0 fully saturated rings. The molecule has 0 radical (unpaired) electrons. The van der Waals surface area contributed by atoms with E-state index in [4.69, 9.17) is 10.5 Å². The molecular weight excluding hydrogens is 460 g/mol. The van der Waals surface area contributed by atoms with Gasteiger partial charge in [0.05, 0.1) is 6.42 Å². The molecule has 2 heterocycles. The molecule has 3 N–H and O–H groups in total. The number of nitrogen functional groups attached to an aromatic ring is 1. The predicted molar refractivity (Wildman–Crippen MR) is 132 cm³/mol. The molecule has 10 nitrogen and oxygen atoms in total. The Morgan fingerprint density at radius 3 is 2.44 bits per heavy atom. The lowest BCUT2D eigenvalue weighted by molar-refractivity contribution is -0.147. The van der Waals surface area contributed by atoms with E-state index in [0.29, 0.717) is 18.4 Å². The SMILES string of the molecule is CCCCN(C(=O)COC(=O)CCC(=O)c1cc(C)sc1C)c1c(N)n(CCC)c(=O)[nH]c1=O. The van der Waals surface area contributed by atoms with Crippen molar-refractivity contribution in [2.75, 3.05) is 23.8 Å². The fraction of sp³-hybridized carbons (Fsp3) is 0.522. The molecule has 1 amide bonds. The summed E-state index contributed by atoms with van der Waals surface area (Å²) in [7, 11) is 0. The van der Waals surface area contributed by atoms with Crippen LogP contribution in [0.3, 0.4) is 0 Å². The van der Waals surface area contributed by atoms with Crippen molar-refractivity contribution in [1.29, 1.82) is 0 Å². The number of nitrogens with zero attached hydrogens (tertiary/aromatic N) is 2. The maximum atomic E-state index is 12.9. The molecule has 0 bridgehead atoms. The summed E-state index contributed by atoms with van der Waals surface area (Å²) < 4.78 is 6.29. The van der Waals surface area contributed by atoms with E-state index < -0.39 is 29.7 Å². The molecule has 0 aliphatic heterocycles. The van der Waals surface area contributed by atoms with Crippen LogP contribution in [-0.4, -0.2) is 40.4 Å². The van der Waals surface area contributed by atoms with Gasteiger partial charge in [0.25, 0.3) is 11.5 Å². The summed E-state index contributed by atoms with van der Waals surface area (Å²) in [5.41, 5.74) is 5.12. The lowest BCUT2D eigenvalue weighted by Gasteiger charge is -2.24. The Kier molecular flexibility index (Phi) is 9.79. The Morgan fingerprint density at radius 2 is 1.85 bits per heavy atom. The number of rotatable bonds is 12. The molecule has 0 saturated heterocycles. The van der Waals surface area contributed by atoms with Gasteiger partial charge in [-0.2, -0.15) is 0 Å². The Morgan fingerprint density at radius 1 is 1.15 bits per heavy atom. The highest BCUT2D eigenvalue weighted by atomic mass is 32.1. The number of amides is 1. The molecule has 0 atom stereocenters. The van der Waals surface area contributed by atoms with Crippen molar-refractivity contribution in [3.8, 4) is 0 Å². The van der Waals surface area contributed by atoms with E-state index in [0.717, 1.165) is 21.1 Å². The summed E-state index contributed by atoms with van der Waals surface area (Å²) in [6.45, 7) is 7.35. The molecule has 0 unspecified atom stereocenters. The van der Waals surface area contributed by atoms with Crippen molar-refractivity contribution in [1.82, 2.24) is 9.55 Å².